The average Bonchev–Trinajstić information content (AvgIpc) is 2.51. The number of ketones is 1. The van der Waals surface area contributed by atoms with Gasteiger partial charge in [-0.15, -0.1) is 0 Å². The minimum Gasteiger partial charge on any atom is -0.465 e. The van der Waals surface area contributed by atoms with Crippen molar-refractivity contribution in [1.29, 1.82) is 5.26 Å². The van der Waals surface area contributed by atoms with Gasteiger partial charge in [0.1, 0.15) is 11.1 Å². The molecule has 0 radical (unpaired) electrons. The lowest BCUT2D eigenvalue weighted by atomic mass is 9.95. The number of pyridine rings is 1. The van der Waals surface area contributed by atoms with Crippen LogP contribution in [0.4, 0.5) is 0 Å². The molecule has 0 spiro atoms. The van der Waals surface area contributed by atoms with Crippen LogP contribution in [0.25, 0.3) is 0 Å². The van der Waals surface area contributed by atoms with Crippen molar-refractivity contribution in [2.45, 2.75) is 49.8 Å². The highest BCUT2D eigenvalue weighted by atomic mass is 32.2. The van der Waals surface area contributed by atoms with Gasteiger partial charge in [-0.25, -0.2) is 4.98 Å². The Bertz CT molecular complexity index is 637. The lowest BCUT2D eigenvalue weighted by Crippen LogP contribution is -2.27. The molecule has 2 rings (SSSR count). The maximum Gasteiger partial charge on any atom is 0.327 e. The third-order valence-corrected chi connectivity index (χ3v) is 4.78. The van der Waals surface area contributed by atoms with Crippen LogP contribution < -0.4 is 0 Å². The van der Waals surface area contributed by atoms with Crippen molar-refractivity contribution in [1.82, 2.24) is 4.98 Å². The molecule has 0 bridgehead atoms. The second-order valence-electron chi connectivity index (χ2n) is 5.13. The van der Waals surface area contributed by atoms with Gasteiger partial charge in [-0.05, 0) is 51.2 Å². The largest absolute Gasteiger partial charge is 0.465 e. The number of thioether (sulfide) groups is 1. The van der Waals surface area contributed by atoms with Gasteiger partial charge < -0.3 is 4.74 Å². The predicted molar refractivity (Wildman–Crippen MR) is 82.6 cm³/mol. The highest BCUT2D eigenvalue weighted by Gasteiger charge is 2.28. The molecular formula is C16H18N2O3S. The van der Waals surface area contributed by atoms with E-state index in [1.165, 1.54) is 6.92 Å². The van der Waals surface area contributed by atoms with Crippen molar-refractivity contribution >= 4 is 23.5 Å². The molecule has 0 saturated carbocycles. The quantitative estimate of drug-likeness (QED) is 0.471. The molecule has 6 heteroatoms. The molecule has 0 amide bonds. The first-order valence-corrected chi connectivity index (χ1v) is 8.21. The van der Waals surface area contributed by atoms with Gasteiger partial charge in [-0.2, -0.15) is 5.26 Å². The first-order chi connectivity index (χ1) is 10.6. The van der Waals surface area contributed by atoms with Gasteiger partial charge in [0.05, 0.1) is 12.2 Å². The van der Waals surface area contributed by atoms with Crippen LogP contribution >= 0.6 is 11.8 Å². The molecule has 1 heterocycles. The SMILES string of the molecule is CCOC(=O)[C@@H](Sc1nc2c(cc1C#N)CCCC2)C(C)=O. The summed E-state index contributed by atoms with van der Waals surface area (Å²) in [5, 5.41) is 8.78. The summed E-state index contributed by atoms with van der Waals surface area (Å²) in [7, 11) is 0. The molecule has 0 aliphatic heterocycles. The standard InChI is InChI=1S/C16H18N2O3S/c1-3-21-16(20)14(10(2)19)22-15-12(9-17)8-11-6-4-5-7-13(11)18-15/h8,14H,3-7H2,1-2H3/t14-/m0/s1. The Morgan fingerprint density at radius 2 is 2.18 bits per heavy atom. The van der Waals surface area contributed by atoms with Gasteiger partial charge in [0.25, 0.3) is 0 Å². The van der Waals surface area contributed by atoms with E-state index in [4.69, 9.17) is 4.74 Å². The smallest absolute Gasteiger partial charge is 0.327 e. The number of aromatic nitrogens is 1. The summed E-state index contributed by atoms with van der Waals surface area (Å²) in [6, 6.07) is 3.95. The fourth-order valence-electron chi connectivity index (χ4n) is 2.41. The van der Waals surface area contributed by atoms with E-state index in [-0.39, 0.29) is 12.4 Å². The summed E-state index contributed by atoms with van der Waals surface area (Å²) in [5.41, 5.74) is 2.49. The monoisotopic (exact) mass is 318 g/mol. The molecule has 1 aromatic heterocycles. The molecular weight excluding hydrogens is 300 g/mol. The summed E-state index contributed by atoms with van der Waals surface area (Å²) >= 11 is 1.01. The normalized spacial score (nSPS) is 14.6. The van der Waals surface area contributed by atoms with Crippen molar-refractivity contribution in [3.8, 4) is 6.07 Å². The fourth-order valence-corrected chi connectivity index (χ4v) is 3.36. The van der Waals surface area contributed by atoms with Crippen molar-refractivity contribution in [2.75, 3.05) is 6.61 Å². The lowest BCUT2D eigenvalue weighted by Gasteiger charge is -2.18. The van der Waals surface area contributed by atoms with Crippen molar-refractivity contribution in [3.63, 3.8) is 0 Å². The first kappa shape index (κ1) is 16.5. The molecule has 0 N–H and O–H groups in total. The molecule has 22 heavy (non-hydrogen) atoms. The number of carbonyl (C=O) groups excluding carboxylic acids is 2. The molecule has 0 aromatic carbocycles. The summed E-state index contributed by atoms with van der Waals surface area (Å²) in [6.07, 6.45) is 3.98. The average molecular weight is 318 g/mol. The number of aryl methyl sites for hydroxylation is 2. The van der Waals surface area contributed by atoms with Crippen LogP contribution in [0.1, 0.15) is 43.5 Å². The number of fused-ring (bicyclic) bond motifs is 1. The highest BCUT2D eigenvalue weighted by molar-refractivity contribution is 8.01. The molecule has 1 aromatic rings. The number of esters is 1. The van der Waals surface area contributed by atoms with Crippen LogP contribution in [0.5, 0.6) is 0 Å². The number of nitrogens with zero attached hydrogens (tertiary/aromatic N) is 2. The van der Waals surface area contributed by atoms with Gasteiger partial charge in [-0.1, -0.05) is 11.8 Å². The van der Waals surface area contributed by atoms with Gasteiger partial charge >= 0.3 is 5.97 Å². The molecule has 0 saturated heterocycles. The van der Waals surface area contributed by atoms with Crippen LogP contribution in [-0.4, -0.2) is 28.6 Å². The van der Waals surface area contributed by atoms with Crippen LogP contribution in [0.15, 0.2) is 11.1 Å². The van der Waals surface area contributed by atoms with Crippen LogP contribution in [0.3, 0.4) is 0 Å². The number of hydrogen-bond acceptors (Lipinski definition) is 6. The van der Waals surface area contributed by atoms with Gasteiger partial charge in [0.2, 0.25) is 0 Å². The zero-order valence-corrected chi connectivity index (χ0v) is 13.5. The van der Waals surface area contributed by atoms with Crippen LogP contribution in [0.2, 0.25) is 0 Å². The minimum absolute atomic E-state index is 0.214. The zero-order chi connectivity index (χ0) is 16.1. The van der Waals surface area contributed by atoms with E-state index in [1.807, 2.05) is 6.07 Å². The summed E-state index contributed by atoms with van der Waals surface area (Å²) in [5.74, 6) is -0.879. The Morgan fingerprint density at radius 1 is 1.45 bits per heavy atom. The summed E-state index contributed by atoms with van der Waals surface area (Å²) in [6.45, 7) is 3.25. The highest BCUT2D eigenvalue weighted by Crippen LogP contribution is 2.30. The molecule has 0 fully saturated rings. The maximum atomic E-state index is 11.9. The Balaban J connectivity index is 2.32. The fraction of sp³-hybridized carbons (Fsp3) is 0.500. The topological polar surface area (TPSA) is 80.0 Å². The molecule has 1 aliphatic rings. The molecule has 0 unspecified atom stereocenters. The summed E-state index contributed by atoms with van der Waals surface area (Å²) < 4.78 is 4.93. The first-order valence-electron chi connectivity index (χ1n) is 7.33. The zero-order valence-electron chi connectivity index (χ0n) is 12.7. The number of carbonyl (C=O) groups is 2. The summed E-state index contributed by atoms with van der Waals surface area (Å²) in [4.78, 5) is 28.2. The van der Waals surface area contributed by atoms with E-state index in [0.717, 1.165) is 48.7 Å². The number of ether oxygens (including phenoxy) is 1. The lowest BCUT2D eigenvalue weighted by molar-refractivity contribution is -0.144. The molecule has 1 aliphatic carbocycles. The van der Waals surface area contributed by atoms with Gasteiger partial charge in [-0.3, -0.25) is 9.59 Å². The number of Topliss-reactive ketones (excluding diaryl/α,β-unsaturated/α-hetero) is 1. The minimum atomic E-state index is -0.971. The number of nitriles is 1. The van der Waals surface area contributed by atoms with Gasteiger partial charge in [0, 0.05) is 5.69 Å². The second kappa shape index (κ2) is 7.41. The van der Waals surface area contributed by atoms with Crippen LogP contribution in [0, 0.1) is 11.3 Å². The maximum absolute atomic E-state index is 11.9. The molecule has 1 atom stereocenters. The van der Waals surface area contributed by atoms with E-state index in [0.29, 0.717) is 10.6 Å². The van der Waals surface area contributed by atoms with Crippen molar-refractivity contribution < 1.29 is 14.3 Å². The predicted octanol–water partition coefficient (Wildman–Crippen LogP) is 2.44. The van der Waals surface area contributed by atoms with E-state index < -0.39 is 11.2 Å². The van der Waals surface area contributed by atoms with Crippen molar-refractivity contribution in [3.05, 3.63) is 22.9 Å². The second-order valence-corrected chi connectivity index (χ2v) is 6.22. The van der Waals surface area contributed by atoms with E-state index >= 15 is 0 Å². The third kappa shape index (κ3) is 3.66. The van der Waals surface area contributed by atoms with E-state index in [9.17, 15) is 14.9 Å². The number of hydrogen-bond donors (Lipinski definition) is 0. The van der Waals surface area contributed by atoms with E-state index in [1.54, 1.807) is 6.92 Å². The molecule has 5 nitrogen and oxygen atoms in total. The third-order valence-electron chi connectivity index (χ3n) is 3.49. The van der Waals surface area contributed by atoms with E-state index in [2.05, 4.69) is 11.1 Å². The Kier molecular flexibility index (Phi) is 5.56. The Labute approximate surface area is 134 Å². The Morgan fingerprint density at radius 3 is 2.82 bits per heavy atom. The van der Waals surface area contributed by atoms with Gasteiger partial charge in [0.15, 0.2) is 11.0 Å². The van der Waals surface area contributed by atoms with Crippen molar-refractivity contribution in [2.24, 2.45) is 0 Å². The van der Waals surface area contributed by atoms with Crippen LogP contribution in [-0.2, 0) is 27.2 Å². The molecule has 116 valence electrons. The Hall–Kier alpha value is -1.87. The number of rotatable bonds is 5.